The van der Waals surface area contributed by atoms with Crippen LogP contribution in [0.1, 0.15) is 45.2 Å². The smallest absolute Gasteiger partial charge is 0.264 e. The summed E-state index contributed by atoms with van der Waals surface area (Å²) in [6, 6.07) is 21.3. The maximum Gasteiger partial charge on any atom is 0.264 e. The van der Waals surface area contributed by atoms with Crippen molar-refractivity contribution in [3.05, 3.63) is 95.0 Å². The highest BCUT2D eigenvalue weighted by atomic mass is 35.5. The maximum atomic E-state index is 14.0. The molecule has 0 bridgehead atoms. The lowest BCUT2D eigenvalue weighted by atomic mass is 10.1. The Morgan fingerprint density at radius 2 is 1.59 bits per heavy atom. The monoisotopic (exact) mass is 569 g/mol. The molecule has 3 rings (SSSR count). The number of benzene rings is 3. The molecule has 0 heterocycles. The number of nitrogens with one attached hydrogen (secondary N) is 1. The second kappa shape index (κ2) is 13.6. The van der Waals surface area contributed by atoms with Gasteiger partial charge >= 0.3 is 0 Å². The van der Waals surface area contributed by atoms with Crippen LogP contribution in [0.15, 0.2) is 83.8 Å². The molecular weight excluding hydrogens is 534 g/mol. The first-order valence-corrected chi connectivity index (χ1v) is 14.9. The van der Waals surface area contributed by atoms with Crippen molar-refractivity contribution in [2.24, 2.45) is 0 Å². The number of halogens is 1. The lowest BCUT2D eigenvalue weighted by molar-refractivity contribution is -0.139. The number of hydrogen-bond acceptors (Lipinski definition) is 4. The fourth-order valence-corrected chi connectivity index (χ4v) is 5.85. The van der Waals surface area contributed by atoms with Gasteiger partial charge in [0, 0.05) is 17.6 Å². The Morgan fingerprint density at radius 1 is 0.923 bits per heavy atom. The average molecular weight is 570 g/mol. The molecule has 0 aliphatic carbocycles. The van der Waals surface area contributed by atoms with Crippen LogP contribution in [0.2, 0.25) is 5.02 Å². The SMILES string of the molecule is CCc1ccccc1N(CC(=O)N(Cc1cccc(Cl)c1)[C@@H](C)C(=O)N[C@@H](C)CC)S(=O)(=O)c1ccccc1. The molecule has 0 spiro atoms. The summed E-state index contributed by atoms with van der Waals surface area (Å²) in [6.45, 7) is 7.04. The van der Waals surface area contributed by atoms with Gasteiger partial charge in [0.2, 0.25) is 11.8 Å². The molecule has 1 N–H and O–H groups in total. The Morgan fingerprint density at radius 3 is 2.23 bits per heavy atom. The molecule has 0 aliphatic rings. The van der Waals surface area contributed by atoms with Crippen LogP contribution in [0.25, 0.3) is 0 Å². The number of amides is 2. The summed E-state index contributed by atoms with van der Waals surface area (Å²) in [6.07, 6.45) is 1.31. The molecule has 0 radical (unpaired) electrons. The fourth-order valence-electron chi connectivity index (χ4n) is 4.17. The van der Waals surface area contributed by atoms with E-state index in [9.17, 15) is 18.0 Å². The number of hydrogen-bond donors (Lipinski definition) is 1. The molecule has 2 atom stereocenters. The Hall–Kier alpha value is -3.36. The van der Waals surface area contributed by atoms with Crippen LogP contribution in [0.4, 0.5) is 5.69 Å². The predicted molar refractivity (Wildman–Crippen MR) is 156 cm³/mol. The van der Waals surface area contributed by atoms with Crippen LogP contribution in [0, 0.1) is 0 Å². The van der Waals surface area contributed by atoms with Gasteiger partial charge in [0.1, 0.15) is 12.6 Å². The number of para-hydroxylation sites is 1. The van der Waals surface area contributed by atoms with Crippen molar-refractivity contribution >= 4 is 39.1 Å². The van der Waals surface area contributed by atoms with Crippen molar-refractivity contribution in [1.82, 2.24) is 10.2 Å². The van der Waals surface area contributed by atoms with Crippen LogP contribution < -0.4 is 9.62 Å². The van der Waals surface area contributed by atoms with Gasteiger partial charge in [-0.05, 0) is 68.1 Å². The second-order valence-electron chi connectivity index (χ2n) is 9.45. The van der Waals surface area contributed by atoms with Gasteiger partial charge in [0.15, 0.2) is 0 Å². The third kappa shape index (κ3) is 7.61. The van der Waals surface area contributed by atoms with Crippen LogP contribution in [-0.2, 0) is 32.6 Å². The number of rotatable bonds is 12. The molecule has 0 aromatic heterocycles. The maximum absolute atomic E-state index is 14.0. The van der Waals surface area contributed by atoms with Gasteiger partial charge < -0.3 is 10.2 Å². The van der Waals surface area contributed by atoms with Crippen molar-refractivity contribution in [3.63, 3.8) is 0 Å². The van der Waals surface area contributed by atoms with E-state index < -0.39 is 28.5 Å². The summed E-state index contributed by atoms with van der Waals surface area (Å²) in [4.78, 5) is 28.6. The van der Waals surface area contributed by atoms with Gasteiger partial charge in [0.05, 0.1) is 10.6 Å². The van der Waals surface area contributed by atoms with Crippen LogP contribution >= 0.6 is 11.6 Å². The highest BCUT2D eigenvalue weighted by molar-refractivity contribution is 7.92. The summed E-state index contributed by atoms with van der Waals surface area (Å²) in [5, 5.41) is 3.43. The van der Waals surface area contributed by atoms with Gasteiger partial charge in [-0.25, -0.2) is 8.42 Å². The van der Waals surface area contributed by atoms with E-state index in [2.05, 4.69) is 5.32 Å². The van der Waals surface area contributed by atoms with Gasteiger partial charge in [-0.15, -0.1) is 0 Å². The number of sulfonamides is 1. The number of carbonyl (C=O) groups excluding carboxylic acids is 2. The molecule has 3 aromatic carbocycles. The minimum absolute atomic E-state index is 0.0746. The average Bonchev–Trinajstić information content (AvgIpc) is 2.94. The third-order valence-electron chi connectivity index (χ3n) is 6.66. The molecule has 0 aliphatic heterocycles. The Bertz CT molecular complexity index is 1380. The first-order chi connectivity index (χ1) is 18.6. The highest BCUT2D eigenvalue weighted by Gasteiger charge is 2.33. The van der Waals surface area contributed by atoms with E-state index >= 15 is 0 Å². The molecule has 3 aromatic rings. The predicted octanol–water partition coefficient (Wildman–Crippen LogP) is 5.43. The number of carbonyl (C=O) groups is 2. The lowest BCUT2D eigenvalue weighted by Gasteiger charge is -2.33. The van der Waals surface area contributed by atoms with E-state index in [4.69, 9.17) is 11.6 Å². The Balaban J connectivity index is 2.05. The molecule has 0 saturated carbocycles. The zero-order valence-corrected chi connectivity index (χ0v) is 24.4. The first-order valence-electron chi connectivity index (χ1n) is 13.1. The van der Waals surface area contributed by atoms with E-state index in [-0.39, 0.29) is 23.4 Å². The van der Waals surface area contributed by atoms with Crippen LogP contribution in [0.3, 0.4) is 0 Å². The summed E-state index contributed by atoms with van der Waals surface area (Å²) >= 11 is 6.19. The normalized spacial score (nSPS) is 12.8. The molecule has 0 saturated heterocycles. The van der Waals surface area contributed by atoms with E-state index in [1.807, 2.05) is 39.0 Å². The molecule has 0 fully saturated rings. The highest BCUT2D eigenvalue weighted by Crippen LogP contribution is 2.28. The second-order valence-corrected chi connectivity index (χ2v) is 11.8. The largest absolute Gasteiger partial charge is 0.352 e. The molecule has 39 heavy (non-hydrogen) atoms. The molecular formula is C30H36ClN3O4S. The van der Waals surface area contributed by atoms with E-state index in [1.54, 1.807) is 55.5 Å². The summed E-state index contributed by atoms with van der Waals surface area (Å²) in [5.74, 6) is -0.821. The van der Waals surface area contributed by atoms with Gasteiger partial charge in [-0.3, -0.25) is 13.9 Å². The summed E-state index contributed by atoms with van der Waals surface area (Å²) < 4.78 is 29.0. The fraction of sp³-hybridized carbons (Fsp3) is 0.333. The van der Waals surface area contributed by atoms with Crippen molar-refractivity contribution in [2.45, 2.75) is 64.1 Å². The number of anilines is 1. The quantitative estimate of drug-likeness (QED) is 0.315. The van der Waals surface area contributed by atoms with Crippen LogP contribution in [-0.4, -0.2) is 43.8 Å². The Labute approximate surface area is 236 Å². The topological polar surface area (TPSA) is 86.8 Å². The lowest BCUT2D eigenvalue weighted by Crippen LogP contribution is -2.52. The Kier molecular flexibility index (Phi) is 10.5. The molecule has 208 valence electrons. The standard InChI is InChI=1S/C30H36ClN3O4S/c1-5-22(3)32-30(36)23(4)33(20-24-13-12-15-26(31)19-24)29(35)21-34(28-18-11-10-14-25(28)6-2)39(37,38)27-16-8-7-9-17-27/h7-19,22-23H,5-6,20-21H2,1-4H3,(H,32,36)/t22-,23-/m0/s1. The summed E-state index contributed by atoms with van der Waals surface area (Å²) in [5.41, 5.74) is 1.94. The number of nitrogens with zero attached hydrogens (tertiary/aromatic N) is 2. The van der Waals surface area contributed by atoms with E-state index in [1.165, 1.54) is 17.0 Å². The number of aryl methyl sites for hydroxylation is 1. The minimum Gasteiger partial charge on any atom is -0.352 e. The van der Waals surface area contributed by atoms with E-state index in [0.29, 0.717) is 17.1 Å². The minimum atomic E-state index is -4.10. The molecule has 9 heteroatoms. The zero-order valence-electron chi connectivity index (χ0n) is 22.8. The van der Waals surface area contributed by atoms with Gasteiger partial charge in [-0.2, -0.15) is 0 Å². The summed E-state index contributed by atoms with van der Waals surface area (Å²) in [7, 11) is -4.10. The van der Waals surface area contributed by atoms with Crippen molar-refractivity contribution in [2.75, 3.05) is 10.8 Å². The molecule has 2 amide bonds. The third-order valence-corrected chi connectivity index (χ3v) is 8.67. The van der Waals surface area contributed by atoms with Crippen molar-refractivity contribution in [3.8, 4) is 0 Å². The zero-order chi connectivity index (χ0) is 28.6. The van der Waals surface area contributed by atoms with Crippen molar-refractivity contribution < 1.29 is 18.0 Å². The van der Waals surface area contributed by atoms with Crippen LogP contribution in [0.5, 0.6) is 0 Å². The van der Waals surface area contributed by atoms with Crippen molar-refractivity contribution in [1.29, 1.82) is 0 Å². The van der Waals surface area contributed by atoms with Gasteiger partial charge in [0.25, 0.3) is 10.0 Å². The molecule has 7 nitrogen and oxygen atoms in total. The molecule has 0 unspecified atom stereocenters. The first kappa shape index (κ1) is 30.2. The van der Waals surface area contributed by atoms with Gasteiger partial charge in [-0.1, -0.05) is 74.0 Å². The van der Waals surface area contributed by atoms with E-state index in [0.717, 1.165) is 21.9 Å².